The zero-order valence-corrected chi connectivity index (χ0v) is 20.0. The SMILES string of the molecule is CC1(C)C(NC(=O)c2cc3c(Cl)ccc(Cl)c3[nH]2)C2CCN(C(=O)CCCc3cn[nH]n3)C21. The van der Waals surface area contributed by atoms with Crippen molar-refractivity contribution in [3.63, 3.8) is 0 Å². The van der Waals surface area contributed by atoms with Crippen molar-refractivity contribution in [3.05, 3.63) is 45.8 Å². The van der Waals surface area contributed by atoms with Gasteiger partial charge in [-0.15, -0.1) is 0 Å². The third kappa shape index (κ3) is 3.79. The molecule has 2 fully saturated rings. The molecule has 3 aromatic rings. The highest BCUT2D eigenvalue weighted by atomic mass is 35.5. The summed E-state index contributed by atoms with van der Waals surface area (Å²) in [4.78, 5) is 31.1. The molecule has 2 aliphatic rings. The highest BCUT2D eigenvalue weighted by molar-refractivity contribution is 6.40. The molecular weight excluding hydrogens is 463 g/mol. The van der Waals surface area contributed by atoms with Crippen LogP contribution in [0.5, 0.6) is 0 Å². The van der Waals surface area contributed by atoms with E-state index in [-0.39, 0.29) is 35.2 Å². The topological polar surface area (TPSA) is 107 Å². The first-order chi connectivity index (χ1) is 15.8. The summed E-state index contributed by atoms with van der Waals surface area (Å²) in [5.41, 5.74) is 1.73. The van der Waals surface area contributed by atoms with Gasteiger partial charge in [-0.1, -0.05) is 37.0 Å². The molecule has 3 atom stereocenters. The van der Waals surface area contributed by atoms with E-state index >= 15 is 0 Å². The van der Waals surface area contributed by atoms with E-state index in [1.54, 1.807) is 24.4 Å². The van der Waals surface area contributed by atoms with Crippen LogP contribution in [-0.2, 0) is 11.2 Å². The number of amides is 2. The van der Waals surface area contributed by atoms with Gasteiger partial charge in [-0.3, -0.25) is 9.59 Å². The fourth-order valence-electron chi connectivity index (χ4n) is 5.71. The maximum Gasteiger partial charge on any atom is 0.267 e. The number of aromatic nitrogens is 4. The summed E-state index contributed by atoms with van der Waals surface area (Å²) in [5.74, 6) is 0.232. The molecule has 1 saturated carbocycles. The van der Waals surface area contributed by atoms with E-state index in [4.69, 9.17) is 23.2 Å². The van der Waals surface area contributed by atoms with Crippen LogP contribution >= 0.6 is 23.2 Å². The predicted octanol–water partition coefficient (Wildman–Crippen LogP) is 3.97. The van der Waals surface area contributed by atoms with E-state index in [1.165, 1.54) is 0 Å². The molecule has 1 aliphatic heterocycles. The largest absolute Gasteiger partial charge is 0.349 e. The van der Waals surface area contributed by atoms with Gasteiger partial charge in [0, 0.05) is 41.8 Å². The second-order valence-corrected chi connectivity index (χ2v) is 10.4. The Balaban J connectivity index is 1.23. The lowest BCUT2D eigenvalue weighted by atomic mass is 9.56. The van der Waals surface area contributed by atoms with Gasteiger partial charge >= 0.3 is 0 Å². The number of hydrogen-bond acceptors (Lipinski definition) is 4. The number of carbonyl (C=O) groups is 2. The van der Waals surface area contributed by atoms with Crippen LogP contribution in [-0.4, -0.2) is 55.7 Å². The van der Waals surface area contributed by atoms with Gasteiger partial charge in [0.25, 0.3) is 5.91 Å². The zero-order chi connectivity index (χ0) is 23.3. The lowest BCUT2D eigenvalue weighted by molar-refractivity contribution is -0.141. The summed E-state index contributed by atoms with van der Waals surface area (Å²) < 4.78 is 0. The molecule has 174 valence electrons. The first-order valence-corrected chi connectivity index (χ1v) is 11.9. The quantitative estimate of drug-likeness (QED) is 0.487. The van der Waals surface area contributed by atoms with E-state index in [0.29, 0.717) is 27.7 Å². The van der Waals surface area contributed by atoms with Crippen molar-refractivity contribution in [2.24, 2.45) is 11.3 Å². The molecule has 3 heterocycles. The Hall–Kier alpha value is -2.58. The number of halogens is 2. The van der Waals surface area contributed by atoms with Gasteiger partial charge in [-0.2, -0.15) is 15.4 Å². The smallest absolute Gasteiger partial charge is 0.267 e. The van der Waals surface area contributed by atoms with E-state index in [2.05, 4.69) is 39.6 Å². The van der Waals surface area contributed by atoms with Gasteiger partial charge in [-0.05, 0) is 37.5 Å². The van der Waals surface area contributed by atoms with Crippen LogP contribution in [0, 0.1) is 11.3 Å². The van der Waals surface area contributed by atoms with Crippen molar-refractivity contribution >= 4 is 45.9 Å². The Kier molecular flexibility index (Phi) is 5.61. The number of hydrogen-bond donors (Lipinski definition) is 3. The second-order valence-electron chi connectivity index (χ2n) is 9.57. The van der Waals surface area contributed by atoms with Crippen molar-refractivity contribution < 1.29 is 9.59 Å². The number of H-pyrrole nitrogens is 2. The third-order valence-corrected chi connectivity index (χ3v) is 7.91. The van der Waals surface area contributed by atoms with Gasteiger partial charge in [0.05, 0.1) is 27.5 Å². The van der Waals surface area contributed by atoms with Gasteiger partial charge in [0.1, 0.15) is 5.69 Å². The van der Waals surface area contributed by atoms with Crippen LogP contribution in [0.1, 0.15) is 49.3 Å². The van der Waals surface area contributed by atoms with Gasteiger partial charge in [0.15, 0.2) is 0 Å². The molecule has 3 unspecified atom stereocenters. The van der Waals surface area contributed by atoms with Crippen LogP contribution in [0.3, 0.4) is 0 Å². The molecule has 0 bridgehead atoms. The molecule has 1 aromatic carbocycles. The molecule has 5 rings (SSSR count). The summed E-state index contributed by atoms with van der Waals surface area (Å²) in [7, 11) is 0. The highest BCUT2D eigenvalue weighted by Crippen LogP contribution is 2.53. The fraction of sp³-hybridized carbons (Fsp3) is 0.478. The molecule has 0 radical (unpaired) electrons. The zero-order valence-electron chi connectivity index (χ0n) is 18.5. The number of likely N-dealkylation sites (tertiary alicyclic amines) is 1. The van der Waals surface area contributed by atoms with Gasteiger partial charge < -0.3 is 15.2 Å². The molecule has 10 heteroatoms. The normalized spacial score (nSPS) is 23.4. The number of benzene rings is 1. The standard InChI is InChI=1S/C23H26Cl2N6O2/c1-23(2)20(28-22(33)17-10-14-15(24)6-7-16(25)19(14)27-17)13-8-9-31(21(13)23)18(32)5-3-4-12-11-26-30-29-12/h6-7,10-11,13,20-21,27H,3-5,8-9H2,1-2H3,(H,28,33)(H,26,29,30). The average molecular weight is 489 g/mol. The van der Waals surface area contributed by atoms with Crippen LogP contribution in [0.2, 0.25) is 10.0 Å². The Bertz CT molecular complexity index is 1170. The van der Waals surface area contributed by atoms with Gasteiger partial charge in [-0.25, -0.2) is 0 Å². The maximum atomic E-state index is 13.1. The average Bonchev–Trinajstić information content (AvgIpc) is 3.53. The van der Waals surface area contributed by atoms with Crippen LogP contribution in [0.15, 0.2) is 24.4 Å². The number of nitrogens with one attached hydrogen (secondary N) is 3. The number of nitrogens with zero attached hydrogens (tertiary/aromatic N) is 3. The summed E-state index contributed by atoms with van der Waals surface area (Å²) in [6.45, 7) is 4.98. The maximum absolute atomic E-state index is 13.1. The number of carbonyl (C=O) groups excluding carboxylic acids is 2. The number of aryl methyl sites for hydroxylation is 1. The van der Waals surface area contributed by atoms with Crippen molar-refractivity contribution in [2.75, 3.05) is 6.54 Å². The molecule has 8 nitrogen and oxygen atoms in total. The predicted molar refractivity (Wildman–Crippen MR) is 126 cm³/mol. The van der Waals surface area contributed by atoms with Crippen molar-refractivity contribution in [1.29, 1.82) is 0 Å². The van der Waals surface area contributed by atoms with Gasteiger partial charge in [0.2, 0.25) is 5.91 Å². The Morgan fingerprint density at radius 3 is 2.79 bits per heavy atom. The van der Waals surface area contributed by atoms with Crippen molar-refractivity contribution in [3.8, 4) is 0 Å². The first kappa shape index (κ1) is 22.2. The minimum Gasteiger partial charge on any atom is -0.349 e. The Morgan fingerprint density at radius 2 is 2.06 bits per heavy atom. The van der Waals surface area contributed by atoms with Crippen LogP contribution in [0.4, 0.5) is 0 Å². The summed E-state index contributed by atoms with van der Waals surface area (Å²) in [6.07, 6.45) is 4.53. The number of fused-ring (bicyclic) bond motifs is 2. The van der Waals surface area contributed by atoms with Crippen LogP contribution < -0.4 is 5.32 Å². The molecule has 3 N–H and O–H groups in total. The van der Waals surface area contributed by atoms with E-state index in [1.807, 2.05) is 4.90 Å². The van der Waals surface area contributed by atoms with E-state index < -0.39 is 0 Å². The minimum absolute atomic E-state index is 0.0136. The third-order valence-electron chi connectivity index (χ3n) is 7.27. The lowest BCUT2D eigenvalue weighted by Crippen LogP contribution is -2.70. The Morgan fingerprint density at radius 1 is 1.27 bits per heavy atom. The summed E-state index contributed by atoms with van der Waals surface area (Å²) >= 11 is 12.5. The molecule has 2 aromatic heterocycles. The van der Waals surface area contributed by atoms with Crippen molar-refractivity contribution in [1.82, 2.24) is 30.6 Å². The molecule has 1 aliphatic carbocycles. The Labute approximate surface area is 201 Å². The fourth-order valence-corrected chi connectivity index (χ4v) is 6.13. The minimum atomic E-state index is -0.222. The van der Waals surface area contributed by atoms with Crippen LogP contribution in [0.25, 0.3) is 10.9 Å². The molecular formula is C23H26Cl2N6O2. The second kappa shape index (κ2) is 8.33. The van der Waals surface area contributed by atoms with E-state index in [9.17, 15) is 9.59 Å². The molecule has 0 spiro atoms. The summed E-state index contributed by atoms with van der Waals surface area (Å²) in [5, 5.41) is 15.4. The molecule has 1 saturated heterocycles. The first-order valence-electron chi connectivity index (χ1n) is 11.2. The summed E-state index contributed by atoms with van der Waals surface area (Å²) in [6, 6.07) is 5.28. The molecule has 33 heavy (non-hydrogen) atoms. The van der Waals surface area contributed by atoms with Crippen molar-refractivity contribution in [2.45, 2.75) is 51.6 Å². The monoisotopic (exact) mass is 488 g/mol. The molecule has 2 amide bonds. The van der Waals surface area contributed by atoms with E-state index in [0.717, 1.165) is 36.9 Å². The number of aromatic amines is 2. The highest BCUT2D eigenvalue weighted by Gasteiger charge is 2.62. The number of rotatable bonds is 6. The lowest BCUT2D eigenvalue weighted by Gasteiger charge is -2.57.